The lowest BCUT2D eigenvalue weighted by atomic mass is 9.97. The van der Waals surface area contributed by atoms with Gasteiger partial charge in [-0.05, 0) is 49.2 Å². The minimum Gasteiger partial charge on any atom is -0.440 e. The molecule has 1 fully saturated rings. The Morgan fingerprint density at radius 3 is 2.89 bits per heavy atom. The van der Waals surface area contributed by atoms with E-state index in [9.17, 15) is 4.79 Å². The molecule has 1 aliphatic rings. The number of para-hydroxylation sites is 2. The molecule has 6 nitrogen and oxygen atoms in total. The number of hydrogen-bond donors (Lipinski definition) is 0. The summed E-state index contributed by atoms with van der Waals surface area (Å²) in [6.07, 6.45) is 5.51. The third kappa shape index (κ3) is 3.07. The summed E-state index contributed by atoms with van der Waals surface area (Å²) in [5, 5.41) is 4.24. The summed E-state index contributed by atoms with van der Waals surface area (Å²) in [6.45, 7) is 1.37. The van der Waals surface area contributed by atoms with Gasteiger partial charge in [0.1, 0.15) is 5.52 Å². The number of carbonyl (C=O) groups excluding carboxylic acids is 1. The van der Waals surface area contributed by atoms with E-state index in [0.29, 0.717) is 12.1 Å². The first-order valence-electron chi connectivity index (χ1n) is 9.53. The van der Waals surface area contributed by atoms with Gasteiger partial charge in [-0.3, -0.25) is 4.79 Å². The molecule has 0 radical (unpaired) electrons. The van der Waals surface area contributed by atoms with Crippen molar-refractivity contribution >= 4 is 17.0 Å². The number of amides is 1. The zero-order valence-electron chi connectivity index (χ0n) is 15.4. The molecule has 3 heterocycles. The number of fused-ring (bicyclic) bond motifs is 1. The topological polar surface area (TPSA) is 64.2 Å². The zero-order chi connectivity index (χ0) is 18.9. The van der Waals surface area contributed by atoms with Crippen molar-refractivity contribution in [3.05, 3.63) is 78.4 Å². The number of aromatic nitrogens is 3. The summed E-state index contributed by atoms with van der Waals surface area (Å²) in [6, 6.07) is 17.2. The van der Waals surface area contributed by atoms with Crippen molar-refractivity contribution in [3.8, 4) is 5.69 Å². The molecule has 140 valence electrons. The molecule has 1 atom stereocenters. The number of carbonyl (C=O) groups is 1. The zero-order valence-corrected chi connectivity index (χ0v) is 15.4. The van der Waals surface area contributed by atoms with Gasteiger partial charge in [0.2, 0.25) is 0 Å². The van der Waals surface area contributed by atoms with Crippen LogP contribution in [0.4, 0.5) is 0 Å². The standard InChI is InChI=1S/C22H20N4O2/c27-22(16-6-3-8-18(14-16)26-13-5-11-23-26)25-12-4-7-17(15-25)21-24-19-9-1-2-10-20(19)28-21/h1-3,5-6,8-11,13-14,17H,4,7,12,15H2/t17-/m1/s1. The second-order valence-corrected chi connectivity index (χ2v) is 7.11. The molecule has 6 heteroatoms. The molecule has 1 saturated heterocycles. The van der Waals surface area contributed by atoms with Gasteiger partial charge in [-0.1, -0.05) is 18.2 Å². The van der Waals surface area contributed by atoms with Crippen LogP contribution >= 0.6 is 0 Å². The number of nitrogens with zero attached hydrogens (tertiary/aromatic N) is 4. The lowest BCUT2D eigenvalue weighted by molar-refractivity contribution is 0.0699. The van der Waals surface area contributed by atoms with E-state index in [4.69, 9.17) is 4.42 Å². The Kier molecular flexibility index (Phi) is 4.16. The first-order valence-corrected chi connectivity index (χ1v) is 9.53. The summed E-state index contributed by atoms with van der Waals surface area (Å²) < 4.78 is 7.71. The number of hydrogen-bond acceptors (Lipinski definition) is 4. The third-order valence-corrected chi connectivity index (χ3v) is 5.23. The molecular formula is C22H20N4O2. The maximum absolute atomic E-state index is 13.1. The minimum atomic E-state index is 0.0369. The third-order valence-electron chi connectivity index (χ3n) is 5.23. The molecule has 0 aliphatic carbocycles. The van der Waals surface area contributed by atoms with Crippen LogP contribution in [0.5, 0.6) is 0 Å². The van der Waals surface area contributed by atoms with Gasteiger partial charge in [-0.2, -0.15) is 5.10 Å². The SMILES string of the molecule is O=C(c1cccc(-n2cccn2)c1)N1CCC[C@@H](c2nc3ccccc3o2)C1. The number of oxazole rings is 1. The van der Waals surface area contributed by atoms with Crippen LogP contribution in [0.1, 0.15) is 35.0 Å². The predicted octanol–water partition coefficient (Wildman–Crippen LogP) is 4.03. The van der Waals surface area contributed by atoms with Crippen LogP contribution in [0.25, 0.3) is 16.8 Å². The van der Waals surface area contributed by atoms with Crippen molar-refractivity contribution < 1.29 is 9.21 Å². The molecule has 0 unspecified atom stereocenters. The van der Waals surface area contributed by atoms with E-state index in [2.05, 4.69) is 10.1 Å². The van der Waals surface area contributed by atoms with Gasteiger partial charge < -0.3 is 9.32 Å². The highest BCUT2D eigenvalue weighted by Gasteiger charge is 2.28. The summed E-state index contributed by atoms with van der Waals surface area (Å²) in [5.41, 5.74) is 3.22. The molecule has 2 aromatic heterocycles. The maximum Gasteiger partial charge on any atom is 0.253 e. The predicted molar refractivity (Wildman–Crippen MR) is 105 cm³/mol. The quantitative estimate of drug-likeness (QED) is 0.545. The Balaban J connectivity index is 1.37. The van der Waals surface area contributed by atoms with E-state index in [0.717, 1.165) is 42.1 Å². The van der Waals surface area contributed by atoms with Crippen molar-refractivity contribution in [1.29, 1.82) is 0 Å². The summed E-state index contributed by atoms with van der Waals surface area (Å²) >= 11 is 0. The van der Waals surface area contributed by atoms with Gasteiger partial charge in [-0.15, -0.1) is 0 Å². The van der Waals surface area contributed by atoms with Crippen molar-refractivity contribution in [3.63, 3.8) is 0 Å². The van der Waals surface area contributed by atoms with E-state index in [1.807, 2.05) is 65.7 Å². The van der Waals surface area contributed by atoms with Gasteiger partial charge in [0, 0.05) is 31.0 Å². The Morgan fingerprint density at radius 1 is 1.11 bits per heavy atom. The molecule has 0 bridgehead atoms. The fraction of sp³-hybridized carbons (Fsp3) is 0.227. The minimum absolute atomic E-state index is 0.0369. The highest BCUT2D eigenvalue weighted by molar-refractivity contribution is 5.94. The highest BCUT2D eigenvalue weighted by Crippen LogP contribution is 2.29. The molecular weight excluding hydrogens is 352 g/mol. The summed E-state index contributed by atoms with van der Waals surface area (Å²) in [4.78, 5) is 19.7. The molecule has 0 spiro atoms. The second kappa shape index (κ2) is 6.96. The molecule has 0 N–H and O–H groups in total. The molecule has 2 aromatic carbocycles. The van der Waals surface area contributed by atoms with Crippen molar-refractivity contribution in [2.24, 2.45) is 0 Å². The Hall–Kier alpha value is -3.41. The van der Waals surface area contributed by atoms with Crippen LogP contribution in [0.3, 0.4) is 0 Å². The lowest BCUT2D eigenvalue weighted by Gasteiger charge is -2.31. The number of likely N-dealkylation sites (tertiary alicyclic amines) is 1. The Morgan fingerprint density at radius 2 is 2.04 bits per heavy atom. The Labute approximate surface area is 162 Å². The van der Waals surface area contributed by atoms with Gasteiger partial charge >= 0.3 is 0 Å². The fourth-order valence-corrected chi connectivity index (χ4v) is 3.81. The number of rotatable bonds is 3. The highest BCUT2D eigenvalue weighted by atomic mass is 16.3. The molecule has 1 aliphatic heterocycles. The smallest absolute Gasteiger partial charge is 0.253 e. The largest absolute Gasteiger partial charge is 0.440 e. The average Bonchev–Trinajstić information content (AvgIpc) is 3.43. The van der Waals surface area contributed by atoms with Crippen molar-refractivity contribution in [2.45, 2.75) is 18.8 Å². The van der Waals surface area contributed by atoms with Crippen LogP contribution in [0.15, 0.2) is 71.4 Å². The average molecular weight is 372 g/mol. The van der Waals surface area contributed by atoms with Gasteiger partial charge in [0.15, 0.2) is 11.5 Å². The van der Waals surface area contributed by atoms with Crippen LogP contribution in [0, 0.1) is 0 Å². The van der Waals surface area contributed by atoms with E-state index in [1.165, 1.54) is 0 Å². The molecule has 1 amide bonds. The molecule has 5 rings (SSSR count). The molecule has 0 saturated carbocycles. The van der Waals surface area contributed by atoms with E-state index < -0.39 is 0 Å². The second-order valence-electron chi connectivity index (χ2n) is 7.11. The van der Waals surface area contributed by atoms with Gasteiger partial charge in [-0.25, -0.2) is 9.67 Å². The van der Waals surface area contributed by atoms with E-state index in [-0.39, 0.29) is 11.8 Å². The van der Waals surface area contributed by atoms with Gasteiger partial charge in [0.05, 0.1) is 11.6 Å². The normalized spacial score (nSPS) is 17.1. The van der Waals surface area contributed by atoms with E-state index >= 15 is 0 Å². The lowest BCUT2D eigenvalue weighted by Crippen LogP contribution is -2.39. The number of piperidine rings is 1. The van der Waals surface area contributed by atoms with Crippen molar-refractivity contribution in [2.75, 3.05) is 13.1 Å². The van der Waals surface area contributed by atoms with E-state index in [1.54, 1.807) is 10.9 Å². The summed E-state index contributed by atoms with van der Waals surface area (Å²) in [7, 11) is 0. The van der Waals surface area contributed by atoms with Crippen LogP contribution in [-0.4, -0.2) is 38.7 Å². The molecule has 28 heavy (non-hydrogen) atoms. The Bertz CT molecular complexity index is 1080. The fourth-order valence-electron chi connectivity index (χ4n) is 3.81. The number of benzene rings is 2. The first kappa shape index (κ1) is 16.7. The summed E-state index contributed by atoms with van der Waals surface area (Å²) in [5.74, 6) is 0.887. The van der Waals surface area contributed by atoms with Crippen LogP contribution in [0.2, 0.25) is 0 Å². The monoisotopic (exact) mass is 372 g/mol. The first-order chi connectivity index (χ1) is 13.8. The van der Waals surface area contributed by atoms with Gasteiger partial charge in [0.25, 0.3) is 5.91 Å². The maximum atomic E-state index is 13.1. The molecule has 4 aromatic rings. The van der Waals surface area contributed by atoms with Crippen molar-refractivity contribution in [1.82, 2.24) is 19.7 Å². The van der Waals surface area contributed by atoms with Crippen LogP contribution in [-0.2, 0) is 0 Å². The van der Waals surface area contributed by atoms with Crippen LogP contribution < -0.4 is 0 Å².